The van der Waals surface area contributed by atoms with Gasteiger partial charge < -0.3 is 4.90 Å². The zero-order valence-electron chi connectivity index (χ0n) is 12.9. The summed E-state index contributed by atoms with van der Waals surface area (Å²) in [6, 6.07) is 3.66. The maximum Gasteiger partial charge on any atom is 0.222 e. The van der Waals surface area contributed by atoms with Crippen LogP contribution in [0.2, 0.25) is 0 Å². The van der Waals surface area contributed by atoms with Crippen molar-refractivity contribution in [2.24, 2.45) is 0 Å². The van der Waals surface area contributed by atoms with E-state index in [-0.39, 0.29) is 5.82 Å². The van der Waals surface area contributed by atoms with Gasteiger partial charge in [0.2, 0.25) is 5.65 Å². The molecular weight excluding hydrogens is 377 g/mol. The van der Waals surface area contributed by atoms with Gasteiger partial charge in [-0.2, -0.15) is 4.52 Å². The predicted molar refractivity (Wildman–Crippen MR) is 90.5 cm³/mol. The average Bonchev–Trinajstić information content (AvgIpc) is 3.23. The van der Waals surface area contributed by atoms with Gasteiger partial charge in [0.15, 0.2) is 5.82 Å². The Kier molecular flexibility index (Phi) is 3.21. The van der Waals surface area contributed by atoms with Gasteiger partial charge in [-0.15, -0.1) is 5.10 Å². The van der Waals surface area contributed by atoms with Gasteiger partial charge in [-0.05, 0) is 51.8 Å². The molecule has 7 nitrogen and oxygen atoms in total. The largest absolute Gasteiger partial charge is 0.351 e. The summed E-state index contributed by atoms with van der Waals surface area (Å²) >= 11 is 3.22. The second-order valence-corrected chi connectivity index (χ2v) is 7.24. The minimum Gasteiger partial charge on any atom is -0.351 e. The molecule has 1 atom stereocenters. The van der Waals surface area contributed by atoms with Crippen molar-refractivity contribution in [3.63, 3.8) is 0 Å². The van der Waals surface area contributed by atoms with E-state index in [1.807, 2.05) is 0 Å². The van der Waals surface area contributed by atoms with Gasteiger partial charge in [0.25, 0.3) is 0 Å². The number of nitrogens with zero attached hydrogens (tertiary/aromatic N) is 7. The van der Waals surface area contributed by atoms with Gasteiger partial charge in [-0.25, -0.2) is 9.37 Å². The van der Waals surface area contributed by atoms with Gasteiger partial charge in [0.1, 0.15) is 5.82 Å². The molecule has 0 aliphatic carbocycles. The Balaban J connectivity index is 1.67. The number of halogens is 2. The number of benzene rings is 1. The fourth-order valence-corrected chi connectivity index (χ4v) is 4.16. The van der Waals surface area contributed by atoms with Crippen LogP contribution in [0.3, 0.4) is 0 Å². The Hall–Kier alpha value is -1.87. The third-order valence-corrected chi connectivity index (χ3v) is 5.64. The lowest BCUT2D eigenvalue weighted by atomic mass is 10.1. The first kappa shape index (κ1) is 14.5. The maximum atomic E-state index is 14.0. The first-order valence-electron chi connectivity index (χ1n) is 8.06. The Morgan fingerprint density at radius 2 is 2.12 bits per heavy atom. The van der Waals surface area contributed by atoms with Gasteiger partial charge in [-0.3, -0.25) is 4.90 Å². The molecule has 0 radical (unpaired) electrons. The zero-order chi connectivity index (χ0) is 16.3. The van der Waals surface area contributed by atoms with Crippen molar-refractivity contribution in [3.8, 4) is 0 Å². The van der Waals surface area contributed by atoms with Crippen molar-refractivity contribution < 1.29 is 4.39 Å². The van der Waals surface area contributed by atoms with E-state index in [2.05, 4.69) is 41.3 Å². The maximum absolute atomic E-state index is 14.0. The van der Waals surface area contributed by atoms with Crippen LogP contribution in [0, 0.1) is 5.82 Å². The first-order valence-corrected chi connectivity index (χ1v) is 8.86. The Bertz CT molecular complexity index is 942. The smallest absolute Gasteiger partial charge is 0.222 e. The number of hydrogen-bond acceptors (Lipinski definition) is 6. The molecule has 0 N–H and O–H groups in total. The van der Waals surface area contributed by atoms with E-state index in [0.717, 1.165) is 25.5 Å². The second kappa shape index (κ2) is 5.32. The van der Waals surface area contributed by atoms with E-state index in [1.54, 1.807) is 10.6 Å². The first-order chi connectivity index (χ1) is 11.7. The molecule has 5 rings (SSSR count). The molecular formula is C15H15BrFN7. The van der Waals surface area contributed by atoms with Crippen LogP contribution < -0.4 is 4.90 Å². The standard InChI is InChI=1S/C15H15BrFN7/c16-10-6-13-12(7-11(10)17)18-14(15-19-20-21-24(13)15)23-5-4-22-3-1-2-9(22)8-23/h6-7,9H,1-5,8H2. The number of tetrazole rings is 1. The lowest BCUT2D eigenvalue weighted by molar-refractivity contribution is 0.230. The summed E-state index contributed by atoms with van der Waals surface area (Å²) in [6.45, 7) is 4.01. The van der Waals surface area contributed by atoms with E-state index in [1.165, 1.54) is 25.5 Å². The quantitative estimate of drug-likeness (QED) is 0.630. The van der Waals surface area contributed by atoms with Crippen molar-refractivity contribution in [1.29, 1.82) is 0 Å². The summed E-state index contributed by atoms with van der Waals surface area (Å²) in [5.74, 6) is 0.398. The molecule has 0 bridgehead atoms. The van der Waals surface area contributed by atoms with Crippen molar-refractivity contribution in [2.45, 2.75) is 18.9 Å². The third kappa shape index (κ3) is 2.11. The average molecular weight is 392 g/mol. The topological polar surface area (TPSA) is 62.5 Å². The molecule has 1 aromatic carbocycles. The van der Waals surface area contributed by atoms with Crippen LogP contribution in [0.5, 0.6) is 0 Å². The van der Waals surface area contributed by atoms with E-state index in [9.17, 15) is 4.39 Å². The molecule has 3 aromatic rings. The molecule has 2 aliphatic heterocycles. The lowest BCUT2D eigenvalue weighted by Crippen LogP contribution is -2.50. The molecule has 0 amide bonds. The number of rotatable bonds is 1. The summed E-state index contributed by atoms with van der Waals surface area (Å²) < 4.78 is 16.0. The Morgan fingerprint density at radius 1 is 1.21 bits per heavy atom. The zero-order valence-corrected chi connectivity index (χ0v) is 14.4. The van der Waals surface area contributed by atoms with Gasteiger partial charge >= 0.3 is 0 Å². The summed E-state index contributed by atoms with van der Waals surface area (Å²) in [7, 11) is 0. The van der Waals surface area contributed by atoms with Crippen molar-refractivity contribution in [3.05, 3.63) is 22.4 Å². The predicted octanol–water partition coefficient (Wildman–Crippen LogP) is 1.86. The van der Waals surface area contributed by atoms with E-state index >= 15 is 0 Å². The Labute approximate surface area is 145 Å². The highest BCUT2D eigenvalue weighted by molar-refractivity contribution is 9.10. The van der Waals surface area contributed by atoms with Crippen LogP contribution in [0.1, 0.15) is 12.8 Å². The summed E-state index contributed by atoms with van der Waals surface area (Å²) in [6.07, 6.45) is 2.47. The molecule has 2 aliphatic rings. The lowest BCUT2D eigenvalue weighted by Gasteiger charge is -2.38. The number of hydrogen-bond donors (Lipinski definition) is 0. The van der Waals surface area contributed by atoms with Crippen molar-refractivity contribution >= 4 is 38.4 Å². The fourth-order valence-electron chi connectivity index (χ4n) is 3.83. The highest BCUT2D eigenvalue weighted by Gasteiger charge is 2.32. The van der Waals surface area contributed by atoms with Crippen LogP contribution >= 0.6 is 15.9 Å². The Morgan fingerprint density at radius 3 is 3.04 bits per heavy atom. The third-order valence-electron chi connectivity index (χ3n) is 5.03. The van der Waals surface area contributed by atoms with Gasteiger partial charge in [-0.1, -0.05) is 0 Å². The normalized spacial score (nSPS) is 21.8. The molecule has 1 unspecified atom stereocenters. The molecule has 2 saturated heterocycles. The second-order valence-electron chi connectivity index (χ2n) is 6.38. The molecule has 9 heteroatoms. The minimum atomic E-state index is -0.339. The summed E-state index contributed by atoms with van der Waals surface area (Å²) in [4.78, 5) is 9.47. The number of anilines is 1. The molecule has 124 valence electrons. The fraction of sp³-hybridized carbons (Fsp3) is 0.467. The molecule has 0 saturated carbocycles. The van der Waals surface area contributed by atoms with Crippen molar-refractivity contribution in [2.75, 3.05) is 31.1 Å². The van der Waals surface area contributed by atoms with Crippen molar-refractivity contribution in [1.82, 2.24) is 29.9 Å². The molecule has 0 spiro atoms. The van der Waals surface area contributed by atoms with E-state index < -0.39 is 0 Å². The number of fused-ring (bicyclic) bond motifs is 4. The molecule has 4 heterocycles. The number of aromatic nitrogens is 5. The van der Waals surface area contributed by atoms with Crippen LogP contribution in [0.25, 0.3) is 16.7 Å². The van der Waals surface area contributed by atoms with Crippen LogP contribution in [0.15, 0.2) is 16.6 Å². The molecule has 2 aromatic heterocycles. The highest BCUT2D eigenvalue weighted by Crippen LogP contribution is 2.29. The van der Waals surface area contributed by atoms with Gasteiger partial charge in [0.05, 0.1) is 15.5 Å². The minimum absolute atomic E-state index is 0.339. The van der Waals surface area contributed by atoms with Crippen LogP contribution in [0.4, 0.5) is 10.2 Å². The van der Waals surface area contributed by atoms with E-state index in [4.69, 9.17) is 4.98 Å². The number of piperazine rings is 1. The van der Waals surface area contributed by atoms with Crippen LogP contribution in [-0.4, -0.2) is 62.1 Å². The summed E-state index contributed by atoms with van der Waals surface area (Å²) in [5, 5.41) is 12.0. The molecule has 24 heavy (non-hydrogen) atoms. The summed E-state index contributed by atoms with van der Waals surface area (Å²) in [5.41, 5.74) is 1.86. The SMILES string of the molecule is Fc1cc2nc(N3CCN4CCCC4C3)c3nnnn3c2cc1Br. The van der Waals surface area contributed by atoms with E-state index in [0.29, 0.717) is 27.2 Å². The molecule has 2 fully saturated rings. The highest BCUT2D eigenvalue weighted by atomic mass is 79.9. The van der Waals surface area contributed by atoms with Crippen LogP contribution in [-0.2, 0) is 0 Å². The van der Waals surface area contributed by atoms with Gasteiger partial charge in [0, 0.05) is 31.7 Å². The monoisotopic (exact) mass is 391 g/mol.